The van der Waals surface area contributed by atoms with Crippen molar-refractivity contribution in [1.29, 1.82) is 0 Å². The molecule has 0 aromatic heterocycles. The van der Waals surface area contributed by atoms with Gasteiger partial charge >= 0.3 is 0 Å². The Labute approximate surface area is 94.5 Å². The molecule has 2 aromatic carbocycles. The lowest BCUT2D eigenvalue weighted by Crippen LogP contribution is -2.00. The number of hydrogen-bond donors (Lipinski definition) is 1. The average molecular weight is 236 g/mol. The molecule has 0 saturated heterocycles. The highest BCUT2D eigenvalue weighted by molar-refractivity contribution is 7.86. The molecule has 0 saturated carbocycles. The van der Waals surface area contributed by atoms with Crippen LogP contribution in [0.2, 0.25) is 0 Å². The second-order valence-corrected chi connectivity index (χ2v) is 5.35. The molecule has 2 rings (SSSR count). The zero-order valence-electron chi connectivity index (χ0n) is 9.06. The highest BCUT2D eigenvalue weighted by atomic mass is 32.2. The Morgan fingerprint density at radius 2 is 1.69 bits per heavy atom. The zero-order chi connectivity index (χ0) is 11.9. The quantitative estimate of drug-likeness (QED) is 0.774. The van der Waals surface area contributed by atoms with Gasteiger partial charge in [-0.3, -0.25) is 4.55 Å². The first kappa shape index (κ1) is 11.1. The minimum Gasteiger partial charge on any atom is -0.282 e. The summed E-state index contributed by atoms with van der Waals surface area (Å²) in [6.07, 6.45) is 0. The van der Waals surface area contributed by atoms with Crippen molar-refractivity contribution in [3.8, 4) is 0 Å². The van der Waals surface area contributed by atoms with Gasteiger partial charge in [0.05, 0.1) is 0 Å². The van der Waals surface area contributed by atoms with E-state index >= 15 is 0 Å². The molecule has 0 aliphatic rings. The van der Waals surface area contributed by atoms with E-state index in [2.05, 4.69) is 0 Å². The van der Waals surface area contributed by atoms with Gasteiger partial charge in [-0.1, -0.05) is 29.8 Å². The normalized spacial score (nSPS) is 11.9. The van der Waals surface area contributed by atoms with Crippen LogP contribution in [-0.2, 0) is 10.1 Å². The fraction of sp³-hybridized carbons (Fsp3) is 0.167. The molecule has 16 heavy (non-hydrogen) atoms. The first-order valence-electron chi connectivity index (χ1n) is 4.86. The van der Waals surface area contributed by atoms with E-state index in [4.69, 9.17) is 0 Å². The van der Waals surface area contributed by atoms with Crippen LogP contribution < -0.4 is 0 Å². The van der Waals surface area contributed by atoms with E-state index in [1.54, 1.807) is 13.0 Å². The molecule has 0 fully saturated rings. The zero-order valence-corrected chi connectivity index (χ0v) is 9.88. The molecule has 0 unspecified atom stereocenters. The van der Waals surface area contributed by atoms with Crippen LogP contribution in [0, 0.1) is 13.8 Å². The Hall–Kier alpha value is -1.39. The van der Waals surface area contributed by atoms with Gasteiger partial charge in [0.25, 0.3) is 10.1 Å². The number of benzene rings is 2. The summed E-state index contributed by atoms with van der Waals surface area (Å²) in [7, 11) is -4.17. The van der Waals surface area contributed by atoms with Gasteiger partial charge < -0.3 is 0 Å². The van der Waals surface area contributed by atoms with Crippen LogP contribution >= 0.6 is 0 Å². The monoisotopic (exact) mass is 236 g/mol. The van der Waals surface area contributed by atoms with Gasteiger partial charge in [-0.05, 0) is 30.9 Å². The van der Waals surface area contributed by atoms with Gasteiger partial charge in [0, 0.05) is 5.39 Å². The Morgan fingerprint density at radius 3 is 2.31 bits per heavy atom. The molecule has 4 heteroatoms. The van der Waals surface area contributed by atoms with Crippen molar-refractivity contribution in [2.24, 2.45) is 0 Å². The third-order valence-corrected chi connectivity index (χ3v) is 3.39. The van der Waals surface area contributed by atoms with Crippen LogP contribution in [-0.4, -0.2) is 13.0 Å². The van der Waals surface area contributed by atoms with E-state index in [1.807, 2.05) is 25.1 Å². The van der Waals surface area contributed by atoms with Crippen molar-refractivity contribution in [3.63, 3.8) is 0 Å². The SMILES string of the molecule is Cc1cc(S(=O)(=O)O)c2cc(C)ccc2c1. The van der Waals surface area contributed by atoms with E-state index in [-0.39, 0.29) is 4.90 Å². The molecule has 0 spiro atoms. The Bertz CT molecular complexity index is 657. The van der Waals surface area contributed by atoms with Crippen molar-refractivity contribution >= 4 is 20.9 Å². The molecule has 0 aliphatic heterocycles. The van der Waals surface area contributed by atoms with Crippen molar-refractivity contribution in [1.82, 2.24) is 0 Å². The molecule has 0 aliphatic carbocycles. The summed E-state index contributed by atoms with van der Waals surface area (Å²) in [6.45, 7) is 3.68. The van der Waals surface area contributed by atoms with Crippen LogP contribution in [0.3, 0.4) is 0 Å². The van der Waals surface area contributed by atoms with Gasteiger partial charge in [-0.15, -0.1) is 0 Å². The van der Waals surface area contributed by atoms with Gasteiger partial charge in [0.15, 0.2) is 0 Å². The second kappa shape index (κ2) is 3.57. The fourth-order valence-electron chi connectivity index (χ4n) is 1.79. The number of rotatable bonds is 1. The predicted molar refractivity (Wildman–Crippen MR) is 63.2 cm³/mol. The molecule has 0 atom stereocenters. The minimum atomic E-state index is -4.17. The Morgan fingerprint density at radius 1 is 1.00 bits per heavy atom. The van der Waals surface area contributed by atoms with Crippen LogP contribution in [0.25, 0.3) is 10.8 Å². The molecule has 2 aromatic rings. The molecule has 0 bridgehead atoms. The summed E-state index contributed by atoms with van der Waals surface area (Å²) in [5.41, 5.74) is 1.77. The number of hydrogen-bond acceptors (Lipinski definition) is 2. The molecule has 3 nitrogen and oxygen atoms in total. The minimum absolute atomic E-state index is 0.0220. The van der Waals surface area contributed by atoms with E-state index in [0.29, 0.717) is 5.39 Å². The lowest BCUT2D eigenvalue weighted by atomic mass is 10.1. The van der Waals surface area contributed by atoms with E-state index < -0.39 is 10.1 Å². The maximum atomic E-state index is 11.3. The second-order valence-electron chi connectivity index (χ2n) is 3.96. The van der Waals surface area contributed by atoms with Crippen LogP contribution in [0.1, 0.15) is 11.1 Å². The molecular weight excluding hydrogens is 224 g/mol. The van der Waals surface area contributed by atoms with Crippen molar-refractivity contribution in [2.45, 2.75) is 18.7 Å². The van der Waals surface area contributed by atoms with Gasteiger partial charge in [0.2, 0.25) is 0 Å². The first-order valence-corrected chi connectivity index (χ1v) is 6.30. The maximum Gasteiger partial charge on any atom is 0.295 e. The van der Waals surface area contributed by atoms with E-state index in [9.17, 15) is 13.0 Å². The molecule has 0 heterocycles. The summed E-state index contributed by atoms with van der Waals surface area (Å²) in [5.74, 6) is 0. The number of aryl methyl sites for hydroxylation is 2. The largest absolute Gasteiger partial charge is 0.295 e. The van der Waals surface area contributed by atoms with Crippen molar-refractivity contribution in [3.05, 3.63) is 41.5 Å². The van der Waals surface area contributed by atoms with Crippen LogP contribution in [0.5, 0.6) is 0 Å². The lowest BCUT2D eigenvalue weighted by molar-refractivity contribution is 0.484. The maximum absolute atomic E-state index is 11.3. The van der Waals surface area contributed by atoms with Gasteiger partial charge in [-0.25, -0.2) is 0 Å². The molecule has 0 amide bonds. The summed E-state index contributed by atoms with van der Waals surface area (Å²) in [6, 6.07) is 8.90. The molecule has 1 N–H and O–H groups in total. The summed E-state index contributed by atoms with van der Waals surface area (Å²) in [4.78, 5) is -0.0220. The van der Waals surface area contributed by atoms with Crippen molar-refractivity contribution < 1.29 is 13.0 Å². The summed E-state index contributed by atoms with van der Waals surface area (Å²) >= 11 is 0. The van der Waals surface area contributed by atoms with Crippen LogP contribution in [0.4, 0.5) is 0 Å². The fourth-order valence-corrected chi connectivity index (χ4v) is 2.58. The third kappa shape index (κ3) is 1.94. The molecular formula is C12H12O3S. The highest BCUT2D eigenvalue weighted by Crippen LogP contribution is 2.25. The summed E-state index contributed by atoms with van der Waals surface area (Å²) in [5, 5.41) is 1.38. The van der Waals surface area contributed by atoms with Crippen molar-refractivity contribution in [2.75, 3.05) is 0 Å². The van der Waals surface area contributed by atoms with E-state index in [1.165, 1.54) is 6.07 Å². The Kier molecular flexibility index (Phi) is 2.48. The number of fused-ring (bicyclic) bond motifs is 1. The Balaban J connectivity index is 2.96. The smallest absolute Gasteiger partial charge is 0.282 e. The molecule has 0 radical (unpaired) electrons. The van der Waals surface area contributed by atoms with Gasteiger partial charge in [-0.2, -0.15) is 8.42 Å². The predicted octanol–water partition coefficient (Wildman–Crippen LogP) is 2.70. The van der Waals surface area contributed by atoms with Gasteiger partial charge in [0.1, 0.15) is 4.90 Å². The standard InChI is InChI=1S/C12H12O3S/c1-8-3-4-10-5-9(2)7-12(11(10)6-8)16(13,14)15/h3-7H,1-2H3,(H,13,14,15). The topological polar surface area (TPSA) is 54.4 Å². The van der Waals surface area contributed by atoms with Crippen LogP contribution in [0.15, 0.2) is 35.2 Å². The summed E-state index contributed by atoms with van der Waals surface area (Å²) < 4.78 is 31.7. The molecule has 84 valence electrons. The highest BCUT2D eigenvalue weighted by Gasteiger charge is 2.14. The first-order chi connectivity index (χ1) is 7.38. The third-order valence-electron chi connectivity index (χ3n) is 2.49. The lowest BCUT2D eigenvalue weighted by Gasteiger charge is -2.06. The average Bonchev–Trinajstić information content (AvgIpc) is 2.16. The van der Waals surface area contributed by atoms with E-state index in [0.717, 1.165) is 16.5 Å².